The predicted molar refractivity (Wildman–Crippen MR) is 89.7 cm³/mol. The Kier molecular flexibility index (Phi) is 4.75. The number of halogens is 3. The maximum atomic E-state index is 13.0. The first-order chi connectivity index (χ1) is 12.3. The molecule has 5 nitrogen and oxygen atoms in total. The topological polar surface area (TPSA) is 59.8 Å². The van der Waals surface area contributed by atoms with Gasteiger partial charge in [0.15, 0.2) is 0 Å². The Morgan fingerprint density at radius 1 is 1.15 bits per heavy atom. The third-order valence-corrected chi connectivity index (χ3v) is 3.83. The second-order valence-corrected chi connectivity index (χ2v) is 5.77. The fourth-order valence-electron chi connectivity index (χ4n) is 2.47. The number of aryl methyl sites for hydroxylation is 1. The molecule has 8 heteroatoms. The van der Waals surface area contributed by atoms with Crippen LogP contribution >= 0.6 is 0 Å². The Bertz CT molecular complexity index is 903. The molecule has 1 amide bonds. The summed E-state index contributed by atoms with van der Waals surface area (Å²) >= 11 is 0. The van der Waals surface area contributed by atoms with E-state index in [1.54, 1.807) is 35.3 Å². The molecule has 0 aliphatic carbocycles. The molecule has 1 aromatic heterocycles. The molecule has 3 aromatic rings. The number of carbonyl (C=O) groups is 1. The average Bonchev–Trinajstić information content (AvgIpc) is 3.09. The van der Waals surface area contributed by atoms with Crippen LogP contribution in [0.5, 0.6) is 0 Å². The summed E-state index contributed by atoms with van der Waals surface area (Å²) in [6.45, 7) is 1.89. The minimum atomic E-state index is -4.46. The lowest BCUT2D eigenvalue weighted by molar-refractivity contribution is -0.138. The number of aromatic nitrogens is 3. The van der Waals surface area contributed by atoms with Crippen LogP contribution in [0.1, 0.15) is 27.0 Å². The highest BCUT2D eigenvalue weighted by Crippen LogP contribution is 2.33. The maximum Gasteiger partial charge on any atom is 0.416 e. The number of carbonyl (C=O) groups excluding carboxylic acids is 1. The van der Waals surface area contributed by atoms with Crippen molar-refractivity contribution < 1.29 is 18.0 Å². The van der Waals surface area contributed by atoms with E-state index in [9.17, 15) is 18.0 Å². The van der Waals surface area contributed by atoms with Gasteiger partial charge in [-0.15, -0.1) is 0 Å². The zero-order valence-corrected chi connectivity index (χ0v) is 13.8. The van der Waals surface area contributed by atoms with Gasteiger partial charge in [0.2, 0.25) is 0 Å². The van der Waals surface area contributed by atoms with Gasteiger partial charge in [0.1, 0.15) is 12.7 Å². The van der Waals surface area contributed by atoms with Gasteiger partial charge in [0.05, 0.1) is 12.1 Å². The second-order valence-electron chi connectivity index (χ2n) is 5.77. The van der Waals surface area contributed by atoms with Crippen molar-refractivity contribution in [2.75, 3.05) is 5.32 Å². The molecule has 0 aliphatic heterocycles. The van der Waals surface area contributed by atoms with Crippen molar-refractivity contribution >= 4 is 11.6 Å². The first-order valence-corrected chi connectivity index (χ1v) is 7.73. The molecule has 3 rings (SSSR count). The van der Waals surface area contributed by atoms with Gasteiger partial charge >= 0.3 is 6.18 Å². The van der Waals surface area contributed by atoms with E-state index < -0.39 is 17.6 Å². The molecule has 0 saturated carbocycles. The number of nitrogens with zero attached hydrogens (tertiary/aromatic N) is 3. The largest absolute Gasteiger partial charge is 0.416 e. The number of hydrogen-bond acceptors (Lipinski definition) is 3. The fourth-order valence-corrected chi connectivity index (χ4v) is 2.47. The van der Waals surface area contributed by atoms with Crippen molar-refractivity contribution in [1.82, 2.24) is 14.8 Å². The first kappa shape index (κ1) is 17.7. The SMILES string of the molecule is Cc1ccc(NC(=O)c2ccc(Cn3cncn3)cc2)cc1C(F)(F)F. The van der Waals surface area contributed by atoms with Crippen LogP contribution in [0, 0.1) is 6.92 Å². The van der Waals surface area contributed by atoms with Gasteiger partial charge in [-0.25, -0.2) is 9.67 Å². The molecule has 0 unspecified atom stereocenters. The average molecular weight is 360 g/mol. The van der Waals surface area contributed by atoms with Crippen molar-refractivity contribution in [3.8, 4) is 0 Å². The number of amides is 1. The molecular weight excluding hydrogens is 345 g/mol. The molecule has 0 bridgehead atoms. The molecule has 0 atom stereocenters. The van der Waals surface area contributed by atoms with E-state index in [0.29, 0.717) is 12.1 Å². The molecule has 0 radical (unpaired) electrons. The highest BCUT2D eigenvalue weighted by atomic mass is 19.4. The number of rotatable bonds is 4. The monoisotopic (exact) mass is 360 g/mol. The third-order valence-electron chi connectivity index (χ3n) is 3.83. The Labute approximate surface area is 147 Å². The van der Waals surface area contributed by atoms with Crippen LogP contribution < -0.4 is 5.32 Å². The van der Waals surface area contributed by atoms with Gasteiger partial charge in [-0.1, -0.05) is 18.2 Å². The minimum Gasteiger partial charge on any atom is -0.322 e. The van der Waals surface area contributed by atoms with Crippen LogP contribution in [0.2, 0.25) is 0 Å². The number of anilines is 1. The van der Waals surface area contributed by atoms with Crippen molar-refractivity contribution in [2.24, 2.45) is 0 Å². The Morgan fingerprint density at radius 2 is 1.88 bits per heavy atom. The highest BCUT2D eigenvalue weighted by Gasteiger charge is 2.32. The summed E-state index contributed by atoms with van der Waals surface area (Å²) in [5.74, 6) is -0.478. The third kappa shape index (κ3) is 4.08. The highest BCUT2D eigenvalue weighted by molar-refractivity contribution is 6.04. The standard InChI is InChI=1S/C18H15F3N4O/c1-12-2-7-15(8-16(12)18(19,20)21)24-17(26)14-5-3-13(4-6-14)9-25-11-22-10-23-25/h2-8,10-11H,9H2,1H3,(H,24,26). The van der Waals surface area contributed by atoms with Gasteiger partial charge < -0.3 is 5.32 Å². The van der Waals surface area contributed by atoms with Gasteiger partial charge in [-0.05, 0) is 42.3 Å². The molecule has 1 heterocycles. The minimum absolute atomic E-state index is 0.0969. The van der Waals surface area contributed by atoms with E-state index in [0.717, 1.165) is 11.6 Å². The van der Waals surface area contributed by atoms with Crippen molar-refractivity contribution in [1.29, 1.82) is 0 Å². The van der Waals surface area contributed by atoms with Crippen molar-refractivity contribution in [3.63, 3.8) is 0 Å². The van der Waals surface area contributed by atoms with Crippen LogP contribution in [-0.2, 0) is 12.7 Å². The summed E-state index contributed by atoms with van der Waals surface area (Å²) in [6.07, 6.45) is -1.46. The molecule has 134 valence electrons. The second kappa shape index (κ2) is 6.99. The van der Waals surface area contributed by atoms with Crippen molar-refractivity contribution in [3.05, 3.63) is 77.4 Å². The predicted octanol–water partition coefficient (Wildman–Crippen LogP) is 3.91. The number of alkyl halides is 3. The number of benzene rings is 2. The summed E-state index contributed by atoms with van der Waals surface area (Å²) < 4.78 is 40.5. The maximum absolute atomic E-state index is 13.0. The van der Waals surface area contributed by atoms with E-state index in [1.165, 1.54) is 25.4 Å². The summed E-state index contributed by atoms with van der Waals surface area (Å²) in [6, 6.07) is 10.5. The zero-order chi connectivity index (χ0) is 18.7. The lowest BCUT2D eigenvalue weighted by atomic mass is 10.1. The fraction of sp³-hybridized carbons (Fsp3) is 0.167. The molecule has 0 aliphatic rings. The molecule has 0 spiro atoms. The van der Waals surface area contributed by atoms with Gasteiger partial charge in [-0.3, -0.25) is 4.79 Å². The van der Waals surface area contributed by atoms with E-state index in [-0.39, 0.29) is 11.3 Å². The van der Waals surface area contributed by atoms with E-state index in [2.05, 4.69) is 15.4 Å². The van der Waals surface area contributed by atoms with Gasteiger partial charge in [0.25, 0.3) is 5.91 Å². The van der Waals surface area contributed by atoms with Crippen LogP contribution in [-0.4, -0.2) is 20.7 Å². The summed E-state index contributed by atoms with van der Waals surface area (Å²) in [7, 11) is 0. The van der Waals surface area contributed by atoms with Gasteiger partial charge in [0, 0.05) is 11.3 Å². The Hall–Kier alpha value is -3.16. The summed E-state index contributed by atoms with van der Waals surface area (Å²) in [5.41, 5.74) is 0.703. The summed E-state index contributed by atoms with van der Waals surface area (Å²) in [5, 5.41) is 6.49. The van der Waals surface area contributed by atoms with E-state index in [1.807, 2.05) is 0 Å². The number of hydrogen-bond donors (Lipinski definition) is 1. The van der Waals surface area contributed by atoms with Crippen LogP contribution in [0.15, 0.2) is 55.1 Å². The molecule has 1 N–H and O–H groups in total. The van der Waals surface area contributed by atoms with Crippen LogP contribution in [0.4, 0.5) is 18.9 Å². The first-order valence-electron chi connectivity index (χ1n) is 7.73. The van der Waals surface area contributed by atoms with Crippen LogP contribution in [0.25, 0.3) is 0 Å². The Morgan fingerprint density at radius 3 is 2.50 bits per heavy atom. The van der Waals surface area contributed by atoms with E-state index in [4.69, 9.17) is 0 Å². The summed E-state index contributed by atoms with van der Waals surface area (Å²) in [4.78, 5) is 16.1. The lowest BCUT2D eigenvalue weighted by Crippen LogP contribution is -2.14. The molecule has 0 fully saturated rings. The van der Waals surface area contributed by atoms with Crippen LogP contribution in [0.3, 0.4) is 0 Å². The Balaban J connectivity index is 1.72. The van der Waals surface area contributed by atoms with E-state index >= 15 is 0 Å². The molecular formula is C18H15F3N4O. The molecule has 0 saturated heterocycles. The number of nitrogens with one attached hydrogen (secondary N) is 1. The van der Waals surface area contributed by atoms with Crippen molar-refractivity contribution in [2.45, 2.75) is 19.6 Å². The molecule has 2 aromatic carbocycles. The molecule has 26 heavy (non-hydrogen) atoms. The normalized spacial score (nSPS) is 11.4. The lowest BCUT2D eigenvalue weighted by Gasteiger charge is -2.13. The smallest absolute Gasteiger partial charge is 0.322 e. The zero-order valence-electron chi connectivity index (χ0n) is 13.8. The quantitative estimate of drug-likeness (QED) is 0.768. The van der Waals surface area contributed by atoms with Gasteiger partial charge in [-0.2, -0.15) is 18.3 Å².